The van der Waals surface area contributed by atoms with Crippen LogP contribution < -0.4 is 5.32 Å². The van der Waals surface area contributed by atoms with E-state index in [1.807, 2.05) is 0 Å². The third-order valence-electron chi connectivity index (χ3n) is 4.05. The lowest BCUT2D eigenvalue weighted by Gasteiger charge is -2.18. The van der Waals surface area contributed by atoms with E-state index >= 15 is 0 Å². The van der Waals surface area contributed by atoms with Gasteiger partial charge in [0.2, 0.25) is 0 Å². The van der Waals surface area contributed by atoms with Crippen molar-refractivity contribution in [3.63, 3.8) is 0 Å². The van der Waals surface area contributed by atoms with Gasteiger partial charge in [0.25, 0.3) is 0 Å². The van der Waals surface area contributed by atoms with Crippen LogP contribution in [-0.2, 0) is 4.74 Å². The first-order valence-electron chi connectivity index (χ1n) is 7.75. The number of nitrogens with zero attached hydrogens (tertiary/aromatic N) is 3. The first-order valence-corrected chi connectivity index (χ1v) is 7.75. The van der Waals surface area contributed by atoms with E-state index in [1.54, 1.807) is 30.9 Å². The summed E-state index contributed by atoms with van der Waals surface area (Å²) in [6.45, 7) is 0. The number of nitrogens with one attached hydrogen (secondary N) is 1. The maximum atomic E-state index is 14.2. The fourth-order valence-electron chi connectivity index (χ4n) is 2.87. The molecule has 130 valence electrons. The molecule has 1 aliphatic rings. The van der Waals surface area contributed by atoms with Crippen LogP contribution >= 0.6 is 0 Å². The minimum Gasteiger partial charge on any atom is -0.439 e. The van der Waals surface area contributed by atoms with Gasteiger partial charge in [0.15, 0.2) is 6.10 Å². The fourth-order valence-corrected chi connectivity index (χ4v) is 2.87. The highest BCUT2D eigenvalue weighted by Gasteiger charge is 2.38. The van der Waals surface area contributed by atoms with Crippen LogP contribution in [0.2, 0.25) is 0 Å². The van der Waals surface area contributed by atoms with E-state index < -0.39 is 29.9 Å². The van der Waals surface area contributed by atoms with Crippen molar-refractivity contribution in [1.82, 2.24) is 20.3 Å². The van der Waals surface area contributed by atoms with Gasteiger partial charge in [0.1, 0.15) is 17.7 Å². The highest BCUT2D eigenvalue weighted by molar-refractivity contribution is 5.71. The number of halogens is 2. The standard InChI is InChI=1S/C18H12F2N4O2/c19-12-1-2-14(20)13(6-12)17-16(24-18(25)26-17)11-5-10(7-22-8-11)15-9-21-3-4-23-15/h1-9,16-17H,(H,24,25)/t16-,17?/m1/s1. The molecular weight excluding hydrogens is 342 g/mol. The third-order valence-corrected chi connectivity index (χ3v) is 4.05. The number of aromatic nitrogens is 3. The van der Waals surface area contributed by atoms with E-state index in [2.05, 4.69) is 20.3 Å². The largest absolute Gasteiger partial charge is 0.439 e. The number of benzene rings is 1. The molecule has 3 heterocycles. The Hall–Kier alpha value is -3.42. The average molecular weight is 354 g/mol. The molecule has 8 heteroatoms. The maximum Gasteiger partial charge on any atom is 0.408 e. The van der Waals surface area contributed by atoms with E-state index in [0.29, 0.717) is 16.8 Å². The molecule has 26 heavy (non-hydrogen) atoms. The number of rotatable bonds is 3. The van der Waals surface area contributed by atoms with Crippen molar-refractivity contribution in [2.45, 2.75) is 12.1 Å². The summed E-state index contributed by atoms with van der Waals surface area (Å²) in [5.74, 6) is -1.27. The summed E-state index contributed by atoms with van der Waals surface area (Å²) in [5, 5.41) is 2.62. The summed E-state index contributed by atoms with van der Waals surface area (Å²) in [4.78, 5) is 24.1. The highest BCUT2D eigenvalue weighted by Crippen LogP contribution is 2.38. The average Bonchev–Trinajstić information content (AvgIpc) is 3.06. The molecule has 0 saturated carbocycles. The molecule has 1 amide bonds. The van der Waals surface area contributed by atoms with Crippen molar-refractivity contribution in [2.75, 3.05) is 0 Å². The van der Waals surface area contributed by atoms with Gasteiger partial charge >= 0.3 is 6.09 Å². The molecule has 0 aliphatic carbocycles. The summed E-state index contributed by atoms with van der Waals surface area (Å²) in [5.41, 5.74) is 1.81. The molecule has 3 aromatic rings. The SMILES string of the molecule is O=C1N[C@H](c2cncc(-c3cnccn3)c2)C(c2cc(F)ccc2F)O1. The van der Waals surface area contributed by atoms with Crippen LogP contribution in [0.15, 0.2) is 55.2 Å². The number of alkyl carbamates (subject to hydrolysis) is 1. The van der Waals surface area contributed by atoms with Crippen molar-refractivity contribution in [2.24, 2.45) is 0 Å². The summed E-state index contributed by atoms with van der Waals surface area (Å²) < 4.78 is 32.9. The number of hydrogen-bond acceptors (Lipinski definition) is 5. The Morgan fingerprint density at radius 2 is 1.92 bits per heavy atom. The zero-order chi connectivity index (χ0) is 18.1. The third kappa shape index (κ3) is 2.97. The van der Waals surface area contributed by atoms with Crippen molar-refractivity contribution >= 4 is 6.09 Å². The van der Waals surface area contributed by atoms with Crippen LogP contribution in [0.4, 0.5) is 13.6 Å². The Bertz CT molecular complexity index is 968. The predicted molar refractivity (Wildman–Crippen MR) is 86.7 cm³/mol. The second-order valence-electron chi connectivity index (χ2n) is 5.71. The smallest absolute Gasteiger partial charge is 0.408 e. The molecule has 1 aliphatic heterocycles. The topological polar surface area (TPSA) is 77.0 Å². The van der Waals surface area contributed by atoms with Crippen LogP contribution in [0.25, 0.3) is 11.3 Å². The van der Waals surface area contributed by atoms with Crippen LogP contribution in [0, 0.1) is 11.6 Å². The monoisotopic (exact) mass is 354 g/mol. The maximum absolute atomic E-state index is 14.2. The summed E-state index contributed by atoms with van der Waals surface area (Å²) in [6, 6.07) is 4.06. The van der Waals surface area contributed by atoms with Gasteiger partial charge in [-0.2, -0.15) is 0 Å². The van der Waals surface area contributed by atoms with Crippen molar-refractivity contribution in [3.05, 3.63) is 78.0 Å². The molecule has 1 N–H and O–H groups in total. The van der Waals surface area contributed by atoms with Gasteiger partial charge in [-0.1, -0.05) is 0 Å². The zero-order valence-electron chi connectivity index (χ0n) is 13.3. The molecule has 1 aromatic carbocycles. The molecule has 0 bridgehead atoms. The van der Waals surface area contributed by atoms with E-state index in [-0.39, 0.29) is 5.56 Å². The van der Waals surface area contributed by atoms with Crippen LogP contribution in [0.1, 0.15) is 23.3 Å². The molecule has 2 aromatic heterocycles. The zero-order valence-corrected chi connectivity index (χ0v) is 13.3. The van der Waals surface area contributed by atoms with Crippen LogP contribution in [-0.4, -0.2) is 21.0 Å². The minimum absolute atomic E-state index is 0.0433. The van der Waals surface area contributed by atoms with Crippen LogP contribution in [0.3, 0.4) is 0 Å². The van der Waals surface area contributed by atoms with E-state index in [9.17, 15) is 13.6 Å². The molecular formula is C18H12F2N4O2. The van der Waals surface area contributed by atoms with Crippen LogP contribution in [0.5, 0.6) is 0 Å². The van der Waals surface area contributed by atoms with Gasteiger partial charge in [0, 0.05) is 35.9 Å². The molecule has 1 unspecified atom stereocenters. The Kier molecular flexibility index (Phi) is 4.00. The molecule has 6 nitrogen and oxygen atoms in total. The van der Waals surface area contributed by atoms with Gasteiger partial charge in [-0.25, -0.2) is 13.6 Å². The second-order valence-corrected chi connectivity index (χ2v) is 5.71. The predicted octanol–water partition coefficient (Wildman–Crippen LogP) is 3.34. The Morgan fingerprint density at radius 1 is 1.04 bits per heavy atom. The summed E-state index contributed by atoms with van der Waals surface area (Å²) in [7, 11) is 0. The summed E-state index contributed by atoms with van der Waals surface area (Å²) >= 11 is 0. The van der Waals surface area contributed by atoms with Gasteiger partial charge < -0.3 is 10.1 Å². The molecule has 0 radical (unpaired) electrons. The van der Waals surface area contributed by atoms with Gasteiger partial charge in [-0.15, -0.1) is 0 Å². The van der Waals surface area contributed by atoms with Crippen molar-refractivity contribution in [1.29, 1.82) is 0 Å². The summed E-state index contributed by atoms with van der Waals surface area (Å²) in [6.07, 6.45) is 6.08. The normalized spacial score (nSPS) is 19.1. The Labute approximate surface area is 146 Å². The lowest BCUT2D eigenvalue weighted by atomic mass is 9.96. The van der Waals surface area contributed by atoms with E-state index in [4.69, 9.17) is 4.74 Å². The first kappa shape index (κ1) is 16.1. The number of ether oxygens (including phenoxy) is 1. The highest BCUT2D eigenvalue weighted by atomic mass is 19.1. The van der Waals surface area contributed by atoms with Gasteiger partial charge in [-0.05, 0) is 29.8 Å². The first-order chi connectivity index (χ1) is 12.6. The Morgan fingerprint density at radius 3 is 2.73 bits per heavy atom. The molecule has 0 spiro atoms. The lowest BCUT2D eigenvalue weighted by Crippen LogP contribution is -2.20. The molecule has 2 atom stereocenters. The number of cyclic esters (lactones) is 1. The van der Waals surface area contributed by atoms with Gasteiger partial charge in [0.05, 0.1) is 11.9 Å². The number of hydrogen-bond donors (Lipinski definition) is 1. The lowest BCUT2D eigenvalue weighted by molar-refractivity contribution is 0.130. The number of amides is 1. The minimum atomic E-state index is -1.02. The number of carbonyl (C=O) groups is 1. The van der Waals surface area contributed by atoms with E-state index in [0.717, 1.165) is 18.2 Å². The van der Waals surface area contributed by atoms with Crippen molar-refractivity contribution < 1.29 is 18.3 Å². The molecule has 1 saturated heterocycles. The fraction of sp³-hybridized carbons (Fsp3) is 0.111. The second kappa shape index (κ2) is 6.47. The van der Waals surface area contributed by atoms with Crippen molar-refractivity contribution in [3.8, 4) is 11.3 Å². The molecule has 1 fully saturated rings. The Balaban J connectivity index is 1.74. The van der Waals surface area contributed by atoms with Gasteiger partial charge in [-0.3, -0.25) is 15.0 Å². The quantitative estimate of drug-likeness (QED) is 0.781. The van der Waals surface area contributed by atoms with E-state index in [1.165, 1.54) is 6.20 Å². The number of pyridine rings is 1. The molecule has 4 rings (SSSR count). The number of carbonyl (C=O) groups excluding carboxylic acids is 1.